The van der Waals surface area contributed by atoms with Crippen LogP contribution in [0.25, 0.3) is 0 Å². The summed E-state index contributed by atoms with van der Waals surface area (Å²) in [6, 6.07) is 9.35. The van der Waals surface area contributed by atoms with Crippen LogP contribution in [0.4, 0.5) is 0 Å². The molecular formula is C34H46O5. The van der Waals surface area contributed by atoms with E-state index in [1.54, 1.807) is 0 Å². The van der Waals surface area contributed by atoms with E-state index in [-0.39, 0.29) is 40.8 Å². The van der Waals surface area contributed by atoms with Gasteiger partial charge in [0.1, 0.15) is 11.9 Å². The maximum atomic E-state index is 14.3. The summed E-state index contributed by atoms with van der Waals surface area (Å²) in [4.78, 5) is 27.0. The van der Waals surface area contributed by atoms with E-state index in [4.69, 9.17) is 14.2 Å². The third-order valence-corrected chi connectivity index (χ3v) is 13.0. The Kier molecular flexibility index (Phi) is 6.14. The van der Waals surface area contributed by atoms with Gasteiger partial charge in [-0.15, -0.1) is 0 Å². The standard InChI is InChI=1S/C34H46O5/c1-20-12-15-34(37-19-20)21(2)30-28(39-34)17-27-25-11-10-23-16-24(38-31(36)22-8-6-5-7-9-22)13-14-32(23,3)26(25)18-29(35)33(27,30)4/h5-9,20-21,23-28,30H,10-19H2,1-4H3/t20-,21+,23+,24-,25-,26-,27+,28+,30+,32+,33-,34-/m1/s1. The van der Waals surface area contributed by atoms with E-state index in [1.807, 2.05) is 30.3 Å². The summed E-state index contributed by atoms with van der Waals surface area (Å²) >= 11 is 0. The monoisotopic (exact) mass is 534 g/mol. The molecule has 5 nitrogen and oxygen atoms in total. The zero-order valence-corrected chi connectivity index (χ0v) is 24.2. The molecule has 0 aromatic heterocycles. The third kappa shape index (κ3) is 3.77. The van der Waals surface area contributed by atoms with Crippen LogP contribution in [0.3, 0.4) is 0 Å². The molecule has 12 atom stereocenters. The van der Waals surface area contributed by atoms with E-state index in [9.17, 15) is 9.59 Å². The number of Topliss-reactive ketones (excluding diaryl/α,β-unsaturated/α-hetero) is 1. The van der Waals surface area contributed by atoms with Crippen LogP contribution in [0.15, 0.2) is 30.3 Å². The van der Waals surface area contributed by atoms with Crippen molar-refractivity contribution in [3.8, 4) is 0 Å². The number of carbonyl (C=O) groups excluding carboxylic acids is 2. The largest absolute Gasteiger partial charge is 0.459 e. The lowest BCUT2D eigenvalue weighted by atomic mass is 9.44. The van der Waals surface area contributed by atoms with Crippen LogP contribution >= 0.6 is 0 Å². The number of ether oxygens (including phenoxy) is 3. The van der Waals surface area contributed by atoms with Crippen LogP contribution in [0.5, 0.6) is 0 Å². The van der Waals surface area contributed by atoms with E-state index < -0.39 is 5.79 Å². The number of carbonyl (C=O) groups is 2. The van der Waals surface area contributed by atoms with Crippen molar-refractivity contribution in [2.24, 2.45) is 52.3 Å². The minimum atomic E-state index is -0.480. The molecule has 1 aromatic rings. The Morgan fingerprint density at radius 3 is 2.51 bits per heavy atom. The van der Waals surface area contributed by atoms with E-state index in [0.717, 1.165) is 45.1 Å². The Balaban J connectivity index is 1.08. The summed E-state index contributed by atoms with van der Waals surface area (Å²) < 4.78 is 19.3. The van der Waals surface area contributed by atoms with E-state index >= 15 is 0 Å². The van der Waals surface area contributed by atoms with Gasteiger partial charge in [-0.3, -0.25) is 4.79 Å². The number of hydrogen-bond acceptors (Lipinski definition) is 5. The Bertz CT molecular complexity index is 1120. The molecule has 2 heterocycles. The molecule has 0 radical (unpaired) electrons. The van der Waals surface area contributed by atoms with E-state index in [0.29, 0.717) is 47.4 Å². The zero-order valence-electron chi connectivity index (χ0n) is 24.2. The van der Waals surface area contributed by atoms with Crippen LogP contribution < -0.4 is 0 Å². The van der Waals surface area contributed by atoms with Gasteiger partial charge in [-0.05, 0) is 92.1 Å². The SMILES string of the molecule is C[C@@H]1CC[C@@]2(OC1)O[C@H]1C[C@H]3[C@@H]4CC[C@H]5C[C@H](OC(=O)c6ccccc6)CC[C@]5(C)[C@@H]4CC(=O)[C@]3(C)[C@H]1[C@@H]2C. The molecule has 7 rings (SSSR count). The molecule has 0 amide bonds. The Labute approximate surface area is 233 Å². The molecule has 0 N–H and O–H groups in total. The van der Waals surface area contributed by atoms with Crippen molar-refractivity contribution in [1.82, 2.24) is 0 Å². The van der Waals surface area contributed by atoms with Crippen molar-refractivity contribution < 1.29 is 23.8 Å². The van der Waals surface area contributed by atoms with Crippen LogP contribution in [-0.2, 0) is 19.0 Å². The zero-order chi connectivity index (χ0) is 27.2. The van der Waals surface area contributed by atoms with Gasteiger partial charge in [0.05, 0.1) is 18.3 Å². The minimum absolute atomic E-state index is 0.0219. The van der Waals surface area contributed by atoms with E-state index in [1.165, 1.54) is 12.8 Å². The summed E-state index contributed by atoms with van der Waals surface area (Å²) in [5, 5.41) is 0. The summed E-state index contributed by atoms with van der Waals surface area (Å²) in [6.45, 7) is 10.1. The molecule has 39 heavy (non-hydrogen) atoms. The van der Waals surface area contributed by atoms with Crippen molar-refractivity contribution in [3.63, 3.8) is 0 Å². The number of benzene rings is 1. The number of ketones is 1. The lowest BCUT2D eigenvalue weighted by molar-refractivity contribution is -0.272. The number of fused-ring (bicyclic) bond motifs is 7. The second-order valence-electron chi connectivity index (χ2n) is 14.7. The first-order valence-electron chi connectivity index (χ1n) is 15.8. The fourth-order valence-electron chi connectivity index (χ4n) is 10.8. The first-order chi connectivity index (χ1) is 18.7. The number of hydrogen-bond donors (Lipinski definition) is 0. The second kappa shape index (κ2) is 9.14. The Morgan fingerprint density at radius 2 is 1.77 bits per heavy atom. The molecule has 1 aromatic carbocycles. The molecule has 6 aliphatic rings. The van der Waals surface area contributed by atoms with Crippen LogP contribution in [-0.4, -0.2) is 36.4 Å². The molecule has 2 aliphatic heterocycles. The van der Waals surface area contributed by atoms with Gasteiger partial charge in [-0.25, -0.2) is 4.79 Å². The molecule has 0 bridgehead atoms. The Hall–Kier alpha value is -1.72. The normalized spacial score (nSPS) is 50.6. The van der Waals surface area contributed by atoms with Gasteiger partial charge in [0.15, 0.2) is 5.79 Å². The molecular weight excluding hydrogens is 488 g/mol. The maximum absolute atomic E-state index is 14.3. The van der Waals surface area contributed by atoms with Gasteiger partial charge < -0.3 is 14.2 Å². The summed E-state index contributed by atoms with van der Waals surface area (Å²) in [5.41, 5.74) is 0.473. The smallest absolute Gasteiger partial charge is 0.338 e. The molecule has 0 unspecified atom stereocenters. The molecule has 6 fully saturated rings. The number of esters is 1. The predicted molar refractivity (Wildman–Crippen MR) is 148 cm³/mol. The van der Waals surface area contributed by atoms with Crippen LogP contribution in [0.2, 0.25) is 0 Å². The van der Waals surface area contributed by atoms with E-state index in [2.05, 4.69) is 27.7 Å². The average molecular weight is 535 g/mol. The van der Waals surface area contributed by atoms with Gasteiger partial charge in [-0.2, -0.15) is 0 Å². The van der Waals surface area contributed by atoms with Gasteiger partial charge >= 0.3 is 5.97 Å². The average Bonchev–Trinajstić information content (AvgIpc) is 3.38. The first kappa shape index (κ1) is 26.2. The van der Waals surface area contributed by atoms with Crippen LogP contribution in [0, 0.1) is 52.3 Å². The van der Waals surface area contributed by atoms with Gasteiger partial charge in [-0.1, -0.05) is 45.9 Å². The van der Waals surface area contributed by atoms with Crippen molar-refractivity contribution in [2.45, 2.75) is 103 Å². The van der Waals surface area contributed by atoms with Crippen molar-refractivity contribution in [2.75, 3.05) is 6.61 Å². The molecule has 1 spiro atoms. The highest BCUT2D eigenvalue weighted by atomic mass is 16.7. The highest BCUT2D eigenvalue weighted by Gasteiger charge is 2.71. The summed E-state index contributed by atoms with van der Waals surface area (Å²) in [6.07, 6.45) is 9.17. The molecule has 212 valence electrons. The second-order valence-corrected chi connectivity index (χ2v) is 14.7. The van der Waals surface area contributed by atoms with Gasteiger partial charge in [0, 0.05) is 30.1 Å². The lowest BCUT2D eigenvalue weighted by Gasteiger charge is -2.60. The highest BCUT2D eigenvalue weighted by molar-refractivity contribution is 5.89. The Morgan fingerprint density at radius 1 is 0.974 bits per heavy atom. The maximum Gasteiger partial charge on any atom is 0.338 e. The van der Waals surface area contributed by atoms with Crippen molar-refractivity contribution >= 4 is 11.8 Å². The van der Waals surface area contributed by atoms with Crippen molar-refractivity contribution in [3.05, 3.63) is 35.9 Å². The summed E-state index contributed by atoms with van der Waals surface area (Å²) in [7, 11) is 0. The quantitative estimate of drug-likeness (QED) is 0.389. The fourth-order valence-corrected chi connectivity index (χ4v) is 10.8. The van der Waals surface area contributed by atoms with Gasteiger partial charge in [0.25, 0.3) is 0 Å². The molecule has 5 heteroatoms. The van der Waals surface area contributed by atoms with Crippen molar-refractivity contribution in [1.29, 1.82) is 0 Å². The third-order valence-electron chi connectivity index (χ3n) is 13.0. The summed E-state index contributed by atoms with van der Waals surface area (Å²) in [5.74, 6) is 2.84. The lowest BCUT2D eigenvalue weighted by Crippen LogP contribution is -2.58. The number of rotatable bonds is 2. The predicted octanol–water partition coefficient (Wildman–Crippen LogP) is 6.84. The first-order valence-corrected chi connectivity index (χ1v) is 15.8. The molecule has 4 saturated carbocycles. The van der Waals surface area contributed by atoms with Crippen LogP contribution in [0.1, 0.15) is 95.8 Å². The molecule has 2 saturated heterocycles. The minimum Gasteiger partial charge on any atom is -0.459 e. The molecule has 4 aliphatic carbocycles. The highest BCUT2D eigenvalue weighted by Crippen LogP contribution is 2.70. The topological polar surface area (TPSA) is 61.8 Å². The fraction of sp³-hybridized carbons (Fsp3) is 0.765. The van der Waals surface area contributed by atoms with Gasteiger partial charge in [0.2, 0.25) is 0 Å².